The Balaban J connectivity index is 1.76. The second-order valence-electron chi connectivity index (χ2n) is 6.23. The predicted octanol–water partition coefficient (Wildman–Crippen LogP) is 2.02. The Labute approximate surface area is 126 Å². The van der Waals surface area contributed by atoms with E-state index in [9.17, 15) is 9.59 Å². The van der Waals surface area contributed by atoms with Gasteiger partial charge in [-0.3, -0.25) is 9.59 Å². The Kier molecular flexibility index (Phi) is 4.99. The van der Waals surface area contributed by atoms with Crippen LogP contribution in [0.3, 0.4) is 0 Å². The molecular weight excluding hydrogens is 264 g/mol. The first kappa shape index (κ1) is 15.5. The van der Waals surface area contributed by atoms with Crippen molar-refractivity contribution in [3.8, 4) is 0 Å². The maximum Gasteiger partial charge on any atom is 0.224 e. The molecule has 0 aromatic heterocycles. The van der Waals surface area contributed by atoms with Gasteiger partial charge in [-0.25, -0.2) is 0 Å². The summed E-state index contributed by atoms with van der Waals surface area (Å²) in [5, 5.41) is 5.83. The number of carbonyl (C=O) groups is 2. The van der Waals surface area contributed by atoms with Gasteiger partial charge in [-0.1, -0.05) is 38.1 Å². The summed E-state index contributed by atoms with van der Waals surface area (Å²) in [6.07, 6.45) is 0.670. The van der Waals surface area contributed by atoms with Crippen molar-refractivity contribution in [3.63, 3.8) is 0 Å². The molecule has 0 saturated heterocycles. The molecule has 2 rings (SSSR count). The minimum Gasteiger partial charge on any atom is -0.356 e. The first-order chi connectivity index (χ1) is 9.99. The van der Waals surface area contributed by atoms with Crippen LogP contribution in [0.4, 0.5) is 0 Å². The molecule has 0 spiro atoms. The Morgan fingerprint density at radius 3 is 2.38 bits per heavy atom. The van der Waals surface area contributed by atoms with E-state index in [-0.39, 0.29) is 23.7 Å². The fourth-order valence-corrected chi connectivity index (χ4v) is 2.33. The van der Waals surface area contributed by atoms with E-state index in [1.807, 2.05) is 31.2 Å². The van der Waals surface area contributed by atoms with Crippen LogP contribution in [0.5, 0.6) is 0 Å². The summed E-state index contributed by atoms with van der Waals surface area (Å²) in [7, 11) is 0. The number of amides is 2. The normalized spacial score (nSPS) is 20.2. The van der Waals surface area contributed by atoms with Crippen LogP contribution in [-0.2, 0) is 16.1 Å². The van der Waals surface area contributed by atoms with Gasteiger partial charge < -0.3 is 10.6 Å². The zero-order valence-electron chi connectivity index (χ0n) is 13.0. The van der Waals surface area contributed by atoms with Gasteiger partial charge in [-0.2, -0.15) is 0 Å². The number of hydrogen-bond acceptors (Lipinski definition) is 2. The largest absolute Gasteiger partial charge is 0.356 e. The monoisotopic (exact) mass is 288 g/mol. The molecule has 1 aromatic rings. The highest BCUT2D eigenvalue weighted by Crippen LogP contribution is 2.38. The molecule has 0 bridgehead atoms. The molecule has 4 heteroatoms. The van der Waals surface area contributed by atoms with Crippen LogP contribution >= 0.6 is 0 Å². The highest BCUT2D eigenvalue weighted by atomic mass is 16.2. The summed E-state index contributed by atoms with van der Waals surface area (Å²) in [5.41, 5.74) is 2.28. The zero-order valence-corrected chi connectivity index (χ0v) is 13.0. The average Bonchev–Trinajstić information content (AvgIpc) is 3.24. The van der Waals surface area contributed by atoms with Crippen molar-refractivity contribution in [1.29, 1.82) is 0 Å². The second kappa shape index (κ2) is 6.74. The first-order valence-electron chi connectivity index (χ1n) is 7.59. The van der Waals surface area contributed by atoms with Crippen LogP contribution in [0, 0.1) is 24.7 Å². The van der Waals surface area contributed by atoms with E-state index in [0.717, 1.165) is 5.56 Å². The molecule has 0 radical (unpaired) electrons. The molecule has 4 nitrogen and oxygen atoms in total. The lowest BCUT2D eigenvalue weighted by molar-refractivity contribution is -0.127. The molecule has 114 valence electrons. The SMILES string of the molecule is Cc1ccccc1CNC(=O)C1CC1C(=O)NCC(C)C. The molecular formula is C17H24N2O2. The molecule has 2 N–H and O–H groups in total. The molecule has 0 aliphatic heterocycles. The van der Waals surface area contributed by atoms with E-state index >= 15 is 0 Å². The van der Waals surface area contributed by atoms with Crippen LogP contribution in [0.25, 0.3) is 0 Å². The topological polar surface area (TPSA) is 58.2 Å². The van der Waals surface area contributed by atoms with Gasteiger partial charge in [-0.15, -0.1) is 0 Å². The lowest BCUT2D eigenvalue weighted by Gasteiger charge is -2.09. The smallest absolute Gasteiger partial charge is 0.224 e. The van der Waals surface area contributed by atoms with Gasteiger partial charge in [0.2, 0.25) is 11.8 Å². The lowest BCUT2D eigenvalue weighted by atomic mass is 10.1. The fraction of sp³-hybridized carbons (Fsp3) is 0.529. The van der Waals surface area contributed by atoms with Crippen LogP contribution in [0.2, 0.25) is 0 Å². The minimum atomic E-state index is -0.152. The number of benzene rings is 1. The Hall–Kier alpha value is -1.84. The summed E-state index contributed by atoms with van der Waals surface area (Å²) in [4.78, 5) is 23.9. The maximum absolute atomic E-state index is 12.1. The van der Waals surface area contributed by atoms with Crippen molar-refractivity contribution < 1.29 is 9.59 Å². The van der Waals surface area contributed by atoms with Crippen molar-refractivity contribution in [2.75, 3.05) is 6.54 Å². The molecule has 1 aliphatic carbocycles. The van der Waals surface area contributed by atoms with Crippen molar-refractivity contribution >= 4 is 11.8 Å². The van der Waals surface area contributed by atoms with Crippen LogP contribution < -0.4 is 10.6 Å². The van der Waals surface area contributed by atoms with E-state index in [4.69, 9.17) is 0 Å². The van der Waals surface area contributed by atoms with Gasteiger partial charge in [0.1, 0.15) is 0 Å². The Morgan fingerprint density at radius 1 is 1.14 bits per heavy atom. The molecule has 1 aliphatic rings. The van der Waals surface area contributed by atoms with Crippen molar-refractivity contribution in [2.45, 2.75) is 33.7 Å². The summed E-state index contributed by atoms with van der Waals surface area (Å²) in [5.74, 6) is 0.144. The maximum atomic E-state index is 12.1. The van der Waals surface area contributed by atoms with Crippen molar-refractivity contribution in [3.05, 3.63) is 35.4 Å². The van der Waals surface area contributed by atoms with Gasteiger partial charge in [0, 0.05) is 13.1 Å². The van der Waals surface area contributed by atoms with Gasteiger partial charge in [0.05, 0.1) is 11.8 Å². The molecule has 1 aromatic carbocycles. The molecule has 21 heavy (non-hydrogen) atoms. The van der Waals surface area contributed by atoms with Crippen LogP contribution in [-0.4, -0.2) is 18.4 Å². The Morgan fingerprint density at radius 2 is 1.76 bits per heavy atom. The third-order valence-electron chi connectivity index (χ3n) is 3.86. The fourth-order valence-electron chi connectivity index (χ4n) is 2.33. The van der Waals surface area contributed by atoms with E-state index in [1.165, 1.54) is 5.56 Å². The number of hydrogen-bond donors (Lipinski definition) is 2. The van der Waals surface area contributed by atoms with Gasteiger partial charge in [0.25, 0.3) is 0 Å². The molecule has 2 unspecified atom stereocenters. The van der Waals surface area contributed by atoms with Gasteiger partial charge in [0.15, 0.2) is 0 Å². The number of aryl methyl sites for hydroxylation is 1. The molecule has 1 fully saturated rings. The molecule has 2 amide bonds. The van der Waals surface area contributed by atoms with E-state index in [2.05, 4.69) is 24.5 Å². The summed E-state index contributed by atoms with van der Waals surface area (Å²) in [6, 6.07) is 7.99. The van der Waals surface area contributed by atoms with Gasteiger partial charge in [-0.05, 0) is 30.4 Å². The quantitative estimate of drug-likeness (QED) is 0.841. The third kappa shape index (κ3) is 4.31. The standard InChI is InChI=1S/C17H24N2O2/c1-11(2)9-18-16(20)14-8-15(14)17(21)19-10-13-7-5-4-6-12(13)3/h4-7,11,14-15H,8-10H2,1-3H3,(H,18,20)(H,19,21). The van der Waals surface area contributed by atoms with Crippen LogP contribution in [0.15, 0.2) is 24.3 Å². The summed E-state index contributed by atoms with van der Waals surface area (Å²) >= 11 is 0. The predicted molar refractivity (Wildman–Crippen MR) is 82.5 cm³/mol. The highest BCUT2D eigenvalue weighted by Gasteiger charge is 2.47. The molecule has 0 heterocycles. The van der Waals surface area contributed by atoms with Crippen LogP contribution in [0.1, 0.15) is 31.4 Å². The lowest BCUT2D eigenvalue weighted by Crippen LogP contribution is -2.31. The van der Waals surface area contributed by atoms with Gasteiger partial charge >= 0.3 is 0 Å². The second-order valence-corrected chi connectivity index (χ2v) is 6.23. The van der Waals surface area contributed by atoms with Crippen molar-refractivity contribution in [2.24, 2.45) is 17.8 Å². The number of rotatable bonds is 6. The van der Waals surface area contributed by atoms with E-state index in [0.29, 0.717) is 25.4 Å². The number of nitrogens with one attached hydrogen (secondary N) is 2. The third-order valence-corrected chi connectivity index (χ3v) is 3.86. The average molecular weight is 288 g/mol. The highest BCUT2D eigenvalue weighted by molar-refractivity contribution is 5.92. The zero-order chi connectivity index (χ0) is 15.4. The number of carbonyl (C=O) groups excluding carboxylic acids is 2. The van der Waals surface area contributed by atoms with E-state index in [1.54, 1.807) is 0 Å². The van der Waals surface area contributed by atoms with E-state index < -0.39 is 0 Å². The van der Waals surface area contributed by atoms with Crippen molar-refractivity contribution in [1.82, 2.24) is 10.6 Å². The minimum absolute atomic E-state index is 0.0112. The summed E-state index contributed by atoms with van der Waals surface area (Å²) < 4.78 is 0. The summed E-state index contributed by atoms with van der Waals surface area (Å²) in [6.45, 7) is 7.34. The molecule has 2 atom stereocenters. The first-order valence-corrected chi connectivity index (χ1v) is 7.59. The Bertz CT molecular complexity index is 525. The molecule has 1 saturated carbocycles.